The van der Waals surface area contributed by atoms with Crippen LogP contribution in [0.25, 0.3) is 0 Å². The van der Waals surface area contributed by atoms with Crippen LogP contribution in [0, 0.1) is 0 Å². The number of likely N-dealkylation sites (tertiary alicyclic amines) is 1. The maximum Gasteiger partial charge on any atom is 0.410 e. The van der Waals surface area contributed by atoms with Crippen LogP contribution in [0.2, 0.25) is 0 Å². The molecule has 0 aliphatic carbocycles. The van der Waals surface area contributed by atoms with E-state index in [0.717, 1.165) is 12.8 Å². The lowest BCUT2D eigenvalue weighted by molar-refractivity contribution is -0.120. The first-order chi connectivity index (χ1) is 9.26. The lowest BCUT2D eigenvalue weighted by Gasteiger charge is -2.39. The van der Waals surface area contributed by atoms with E-state index in [9.17, 15) is 9.59 Å². The van der Waals surface area contributed by atoms with Crippen LogP contribution in [0.4, 0.5) is 4.79 Å². The van der Waals surface area contributed by atoms with Crippen molar-refractivity contribution in [2.45, 2.75) is 64.3 Å². The fraction of sp³-hybridized carbons (Fsp3) is 0.857. The maximum atomic E-state index is 12.2. The second-order valence-corrected chi connectivity index (χ2v) is 6.53. The van der Waals surface area contributed by atoms with Crippen LogP contribution in [0.1, 0.15) is 40.5 Å². The molecule has 0 radical (unpaired) electrons. The second-order valence-electron chi connectivity index (χ2n) is 6.53. The third-order valence-electron chi connectivity index (χ3n) is 3.47. The highest BCUT2D eigenvalue weighted by molar-refractivity contribution is 5.73. The lowest BCUT2D eigenvalue weighted by Crippen LogP contribution is -2.54. The molecule has 114 valence electrons. The van der Waals surface area contributed by atoms with E-state index in [1.807, 2.05) is 20.8 Å². The van der Waals surface area contributed by atoms with E-state index in [1.54, 1.807) is 4.90 Å². The number of carbonyl (C=O) groups excluding carboxylic acids is 2. The summed E-state index contributed by atoms with van der Waals surface area (Å²) in [4.78, 5) is 25.2. The van der Waals surface area contributed by atoms with E-state index in [2.05, 4.69) is 5.32 Å². The van der Waals surface area contributed by atoms with Crippen molar-refractivity contribution >= 4 is 12.0 Å². The standard InChI is InChI=1S/C14H24N2O4/c1-9(17)15-10-5-6-16(11(7-10)12-8-19-12)13(18)20-14(2,3)4/h10-12H,5-8H2,1-4H3,(H,15,17)/t10-,11-,12+/m1/s1. The third-order valence-corrected chi connectivity index (χ3v) is 3.47. The summed E-state index contributed by atoms with van der Waals surface area (Å²) in [5.41, 5.74) is -0.499. The fourth-order valence-electron chi connectivity index (χ4n) is 2.59. The van der Waals surface area contributed by atoms with E-state index in [4.69, 9.17) is 9.47 Å². The predicted octanol–water partition coefficient (Wildman–Crippen LogP) is 1.29. The maximum absolute atomic E-state index is 12.2. The molecule has 3 atom stereocenters. The average Bonchev–Trinajstić information content (AvgIpc) is 3.09. The molecule has 0 bridgehead atoms. The zero-order chi connectivity index (χ0) is 14.9. The molecule has 0 saturated carbocycles. The summed E-state index contributed by atoms with van der Waals surface area (Å²) < 4.78 is 10.8. The van der Waals surface area contributed by atoms with Gasteiger partial charge >= 0.3 is 6.09 Å². The molecule has 0 aromatic carbocycles. The van der Waals surface area contributed by atoms with Crippen molar-refractivity contribution in [3.8, 4) is 0 Å². The van der Waals surface area contributed by atoms with Gasteiger partial charge in [0, 0.05) is 19.5 Å². The molecule has 2 heterocycles. The molecular formula is C14H24N2O4. The van der Waals surface area contributed by atoms with Crippen LogP contribution < -0.4 is 5.32 Å². The largest absolute Gasteiger partial charge is 0.444 e. The van der Waals surface area contributed by atoms with Gasteiger partial charge in [0.05, 0.1) is 12.6 Å². The Bertz CT molecular complexity index is 387. The first-order valence-electron chi connectivity index (χ1n) is 7.14. The second kappa shape index (κ2) is 5.60. The highest BCUT2D eigenvalue weighted by atomic mass is 16.6. The minimum Gasteiger partial charge on any atom is -0.444 e. The van der Waals surface area contributed by atoms with Crippen molar-refractivity contribution in [3.63, 3.8) is 0 Å². The minimum atomic E-state index is -0.499. The summed E-state index contributed by atoms with van der Waals surface area (Å²) >= 11 is 0. The Balaban J connectivity index is 1.99. The van der Waals surface area contributed by atoms with E-state index in [1.165, 1.54) is 6.92 Å². The van der Waals surface area contributed by atoms with E-state index in [0.29, 0.717) is 13.2 Å². The molecule has 1 N–H and O–H groups in total. The highest BCUT2D eigenvalue weighted by Gasteiger charge is 2.44. The fourth-order valence-corrected chi connectivity index (χ4v) is 2.59. The Morgan fingerprint density at radius 2 is 2.00 bits per heavy atom. The summed E-state index contributed by atoms with van der Waals surface area (Å²) in [6.45, 7) is 8.36. The van der Waals surface area contributed by atoms with Crippen molar-refractivity contribution in [1.82, 2.24) is 10.2 Å². The molecule has 6 nitrogen and oxygen atoms in total. The Morgan fingerprint density at radius 3 is 2.50 bits per heavy atom. The number of nitrogens with one attached hydrogen (secondary N) is 1. The van der Waals surface area contributed by atoms with Gasteiger partial charge in [-0.05, 0) is 33.6 Å². The quantitative estimate of drug-likeness (QED) is 0.776. The Morgan fingerprint density at radius 1 is 1.35 bits per heavy atom. The summed E-state index contributed by atoms with van der Waals surface area (Å²) in [5, 5.41) is 2.93. The summed E-state index contributed by atoms with van der Waals surface area (Å²) in [6.07, 6.45) is 1.27. The number of hydrogen-bond donors (Lipinski definition) is 1. The number of piperidine rings is 1. The highest BCUT2D eigenvalue weighted by Crippen LogP contribution is 2.29. The molecule has 2 amide bonds. The predicted molar refractivity (Wildman–Crippen MR) is 73.3 cm³/mol. The Labute approximate surface area is 119 Å². The number of nitrogens with zero attached hydrogens (tertiary/aromatic N) is 1. The van der Waals surface area contributed by atoms with Gasteiger partial charge in [-0.1, -0.05) is 0 Å². The zero-order valence-electron chi connectivity index (χ0n) is 12.6. The third kappa shape index (κ3) is 4.10. The number of rotatable bonds is 2. The van der Waals surface area contributed by atoms with E-state index in [-0.39, 0.29) is 30.2 Å². The van der Waals surface area contributed by atoms with Crippen molar-refractivity contribution in [3.05, 3.63) is 0 Å². The molecule has 0 unspecified atom stereocenters. The molecule has 6 heteroatoms. The molecule has 2 aliphatic heterocycles. The van der Waals surface area contributed by atoms with E-state index < -0.39 is 5.60 Å². The summed E-state index contributed by atoms with van der Waals surface area (Å²) in [7, 11) is 0. The van der Waals surface area contributed by atoms with Gasteiger partial charge in [0.25, 0.3) is 0 Å². The minimum absolute atomic E-state index is 0.00421. The molecule has 2 aliphatic rings. The summed E-state index contributed by atoms with van der Waals surface area (Å²) in [6, 6.07) is 0.107. The van der Waals surface area contributed by atoms with Gasteiger partial charge in [-0.15, -0.1) is 0 Å². The number of hydrogen-bond acceptors (Lipinski definition) is 4. The molecule has 0 aromatic rings. The SMILES string of the molecule is CC(=O)N[C@@H]1CCN(C(=O)OC(C)(C)C)[C@@H]([C@@H]2CO2)C1. The number of amides is 2. The monoisotopic (exact) mass is 284 g/mol. The van der Waals surface area contributed by atoms with Gasteiger partial charge in [-0.3, -0.25) is 4.79 Å². The van der Waals surface area contributed by atoms with Gasteiger partial charge in [-0.25, -0.2) is 4.79 Å². The van der Waals surface area contributed by atoms with Crippen LogP contribution in [0.3, 0.4) is 0 Å². The molecule has 2 fully saturated rings. The number of ether oxygens (including phenoxy) is 2. The molecule has 0 aromatic heterocycles. The number of carbonyl (C=O) groups is 2. The van der Waals surface area contributed by atoms with Gasteiger partial charge in [0.2, 0.25) is 5.91 Å². The average molecular weight is 284 g/mol. The van der Waals surface area contributed by atoms with Crippen LogP contribution in [-0.2, 0) is 14.3 Å². The van der Waals surface area contributed by atoms with Crippen LogP contribution >= 0.6 is 0 Å². The van der Waals surface area contributed by atoms with Gasteiger partial charge in [0.1, 0.15) is 11.7 Å². The van der Waals surface area contributed by atoms with Crippen molar-refractivity contribution in [2.75, 3.05) is 13.2 Å². The van der Waals surface area contributed by atoms with Gasteiger partial charge in [0.15, 0.2) is 0 Å². The molecule has 2 rings (SSSR count). The molecule has 20 heavy (non-hydrogen) atoms. The van der Waals surface area contributed by atoms with Gasteiger partial charge in [-0.2, -0.15) is 0 Å². The smallest absolute Gasteiger partial charge is 0.410 e. The first-order valence-corrected chi connectivity index (χ1v) is 7.14. The first kappa shape index (κ1) is 15.1. The van der Waals surface area contributed by atoms with E-state index >= 15 is 0 Å². The van der Waals surface area contributed by atoms with Crippen LogP contribution in [0.5, 0.6) is 0 Å². The summed E-state index contributed by atoms with van der Waals surface area (Å²) in [5.74, 6) is -0.0313. The topological polar surface area (TPSA) is 71.2 Å². The zero-order valence-corrected chi connectivity index (χ0v) is 12.6. The normalized spacial score (nSPS) is 29.8. The van der Waals surface area contributed by atoms with Crippen molar-refractivity contribution < 1.29 is 19.1 Å². The Hall–Kier alpha value is -1.30. The molecule has 2 saturated heterocycles. The van der Waals surface area contributed by atoms with Crippen molar-refractivity contribution in [1.29, 1.82) is 0 Å². The van der Waals surface area contributed by atoms with Gasteiger partial charge < -0.3 is 19.7 Å². The van der Waals surface area contributed by atoms with Crippen molar-refractivity contribution in [2.24, 2.45) is 0 Å². The molecule has 0 spiro atoms. The van der Waals surface area contributed by atoms with Crippen LogP contribution in [-0.4, -0.2) is 53.8 Å². The lowest BCUT2D eigenvalue weighted by atomic mass is 9.95. The Kier molecular flexibility index (Phi) is 4.22. The van der Waals surface area contributed by atoms with Crippen LogP contribution in [0.15, 0.2) is 0 Å². The molecular weight excluding hydrogens is 260 g/mol. The number of epoxide rings is 1.